The van der Waals surface area contributed by atoms with Gasteiger partial charge in [-0.2, -0.15) is 0 Å². The highest BCUT2D eigenvalue weighted by Crippen LogP contribution is 2.52. The molecule has 0 unspecified atom stereocenters. The van der Waals surface area contributed by atoms with Gasteiger partial charge in [0.1, 0.15) is 21.9 Å². The second-order valence-corrected chi connectivity index (χ2v) is 7.90. The lowest BCUT2D eigenvalue weighted by molar-refractivity contribution is -0.527. The number of fused-ring (bicyclic) bond motifs is 2. The molecule has 3 heterocycles. The normalized spacial score (nSPS) is 28.4. The van der Waals surface area contributed by atoms with Crippen molar-refractivity contribution < 1.29 is 14.8 Å². The highest BCUT2D eigenvalue weighted by Gasteiger charge is 2.66. The number of aliphatic hydroxyl groups is 1. The van der Waals surface area contributed by atoms with Crippen LogP contribution >= 0.6 is 34.8 Å². The fraction of sp³-hybridized carbons (Fsp3) is 0.294. The van der Waals surface area contributed by atoms with Crippen molar-refractivity contribution in [3.63, 3.8) is 0 Å². The molecule has 1 spiro atoms. The van der Waals surface area contributed by atoms with E-state index in [-0.39, 0.29) is 10.3 Å². The van der Waals surface area contributed by atoms with E-state index in [0.29, 0.717) is 21.8 Å². The Labute approximate surface area is 174 Å². The van der Waals surface area contributed by atoms with Crippen molar-refractivity contribution in [1.82, 2.24) is 10.3 Å². The minimum atomic E-state index is -1.50. The third kappa shape index (κ3) is 2.75. The van der Waals surface area contributed by atoms with Gasteiger partial charge in [-0.25, -0.2) is 4.98 Å². The number of nitrogens with zero attached hydrogens (tertiary/aromatic N) is 2. The molecule has 2 aromatic rings. The monoisotopic (exact) mass is 442 g/mol. The number of nitrogens with one attached hydrogen (secondary N) is 2. The zero-order valence-corrected chi connectivity index (χ0v) is 16.3. The molecule has 4 atom stereocenters. The molecule has 1 amide bonds. The highest BCUT2D eigenvalue weighted by molar-refractivity contribution is 6.32. The molecular weight excluding hydrogens is 431 g/mol. The van der Waals surface area contributed by atoms with E-state index in [1.54, 1.807) is 18.2 Å². The SMILES string of the molecule is O=C1Nc2cc(Cl)ccc2[C@]12N[C@@H](CO)[C@@H]([N+](=O)[O-])[C@@H]2c1cc(Cl)nc(Cl)c1. The summed E-state index contributed by atoms with van der Waals surface area (Å²) in [4.78, 5) is 28.5. The number of anilines is 1. The summed E-state index contributed by atoms with van der Waals surface area (Å²) in [5.74, 6) is -1.48. The summed E-state index contributed by atoms with van der Waals surface area (Å²) in [5.41, 5.74) is -0.187. The number of aliphatic hydroxyl groups excluding tert-OH is 1. The molecule has 2 aliphatic rings. The third-order valence-corrected chi connectivity index (χ3v) is 5.85. The standard InChI is InChI=1S/C17H13Cl3N4O4/c18-8-1-2-9-10(5-8)21-16(26)17(9)14(7-3-12(19)22-13(20)4-7)15(24(27)28)11(6-25)23-17/h1-5,11,14-15,23,25H,6H2,(H,21,26)/t11-,14-,15+,17+/m0/s1. The zero-order chi connectivity index (χ0) is 20.2. The largest absolute Gasteiger partial charge is 0.394 e. The van der Waals surface area contributed by atoms with Crippen LogP contribution in [0.5, 0.6) is 0 Å². The van der Waals surface area contributed by atoms with Crippen molar-refractivity contribution in [1.29, 1.82) is 0 Å². The fourth-order valence-corrected chi connectivity index (χ4v) is 4.90. The first-order valence-electron chi connectivity index (χ1n) is 8.24. The van der Waals surface area contributed by atoms with Crippen molar-refractivity contribution >= 4 is 46.4 Å². The third-order valence-electron chi connectivity index (χ3n) is 5.23. The minimum absolute atomic E-state index is 0.0435. The number of halogens is 3. The Morgan fingerprint density at radius 1 is 1.21 bits per heavy atom. The van der Waals surface area contributed by atoms with Crippen molar-refractivity contribution in [3.05, 3.63) is 66.9 Å². The van der Waals surface area contributed by atoms with Crippen LogP contribution in [-0.2, 0) is 10.3 Å². The van der Waals surface area contributed by atoms with Crippen molar-refractivity contribution in [2.24, 2.45) is 0 Å². The van der Waals surface area contributed by atoms with E-state index in [1.165, 1.54) is 12.1 Å². The van der Waals surface area contributed by atoms with Crippen molar-refractivity contribution in [2.45, 2.75) is 23.5 Å². The number of nitro groups is 1. The van der Waals surface area contributed by atoms with E-state index in [0.717, 1.165) is 0 Å². The molecule has 1 aromatic heterocycles. The Balaban J connectivity index is 2.00. The van der Waals surface area contributed by atoms with Crippen LogP contribution in [0, 0.1) is 10.1 Å². The molecule has 0 saturated carbocycles. The van der Waals surface area contributed by atoms with E-state index < -0.39 is 41.0 Å². The first-order valence-corrected chi connectivity index (χ1v) is 9.38. The van der Waals surface area contributed by atoms with Crippen LogP contribution in [0.4, 0.5) is 5.69 Å². The molecule has 8 nitrogen and oxygen atoms in total. The van der Waals surface area contributed by atoms with Crippen LogP contribution < -0.4 is 10.6 Å². The molecule has 1 aromatic carbocycles. The van der Waals surface area contributed by atoms with Crippen LogP contribution in [0.3, 0.4) is 0 Å². The fourth-order valence-electron chi connectivity index (χ4n) is 4.25. The van der Waals surface area contributed by atoms with Crippen LogP contribution in [0.2, 0.25) is 15.3 Å². The number of carbonyl (C=O) groups is 1. The predicted octanol–water partition coefficient (Wildman–Crippen LogP) is 2.58. The van der Waals surface area contributed by atoms with Crippen LogP contribution in [-0.4, -0.2) is 39.6 Å². The van der Waals surface area contributed by atoms with Crippen LogP contribution in [0.1, 0.15) is 17.0 Å². The van der Waals surface area contributed by atoms with Crippen LogP contribution in [0.25, 0.3) is 0 Å². The van der Waals surface area contributed by atoms with Crippen molar-refractivity contribution in [3.8, 4) is 0 Å². The van der Waals surface area contributed by atoms with Gasteiger partial charge in [0.2, 0.25) is 11.9 Å². The second kappa shape index (κ2) is 6.82. The maximum absolute atomic E-state index is 13.1. The average molecular weight is 444 g/mol. The smallest absolute Gasteiger partial charge is 0.250 e. The summed E-state index contributed by atoms with van der Waals surface area (Å²) in [6, 6.07) is 5.41. The molecule has 1 saturated heterocycles. The summed E-state index contributed by atoms with van der Waals surface area (Å²) in [5, 5.41) is 28.0. The molecule has 146 valence electrons. The number of aromatic nitrogens is 1. The Hall–Kier alpha value is -1.97. The average Bonchev–Trinajstić information content (AvgIpc) is 3.10. The van der Waals surface area contributed by atoms with Gasteiger partial charge in [0.25, 0.3) is 0 Å². The topological polar surface area (TPSA) is 117 Å². The lowest BCUT2D eigenvalue weighted by Crippen LogP contribution is -2.49. The van der Waals surface area contributed by atoms with E-state index in [1.807, 2.05) is 0 Å². The Morgan fingerprint density at radius 3 is 2.50 bits per heavy atom. The molecule has 0 radical (unpaired) electrons. The zero-order valence-electron chi connectivity index (χ0n) is 14.0. The van der Waals surface area contributed by atoms with E-state index in [4.69, 9.17) is 34.8 Å². The van der Waals surface area contributed by atoms with E-state index in [9.17, 15) is 20.0 Å². The Morgan fingerprint density at radius 2 is 1.89 bits per heavy atom. The summed E-state index contributed by atoms with van der Waals surface area (Å²) >= 11 is 18.1. The Bertz CT molecular complexity index is 984. The molecule has 4 rings (SSSR count). The van der Waals surface area contributed by atoms with Gasteiger partial charge in [0, 0.05) is 21.2 Å². The molecule has 2 aliphatic heterocycles. The molecular formula is C17H13Cl3N4O4. The number of amides is 1. The van der Waals surface area contributed by atoms with Gasteiger partial charge in [0.15, 0.2) is 0 Å². The quantitative estimate of drug-likeness (QED) is 0.381. The number of hydrogen-bond donors (Lipinski definition) is 3. The second-order valence-electron chi connectivity index (χ2n) is 6.68. The summed E-state index contributed by atoms with van der Waals surface area (Å²) in [7, 11) is 0. The molecule has 0 aliphatic carbocycles. The molecule has 3 N–H and O–H groups in total. The summed E-state index contributed by atoms with van der Waals surface area (Å²) in [6.45, 7) is -0.535. The molecule has 1 fully saturated rings. The number of carbonyl (C=O) groups excluding carboxylic acids is 1. The number of pyridine rings is 1. The van der Waals surface area contributed by atoms with Gasteiger partial charge < -0.3 is 10.4 Å². The van der Waals surface area contributed by atoms with Gasteiger partial charge in [0.05, 0.1) is 12.5 Å². The molecule has 11 heteroatoms. The maximum Gasteiger partial charge on any atom is 0.250 e. The minimum Gasteiger partial charge on any atom is -0.394 e. The lowest BCUT2D eigenvalue weighted by Gasteiger charge is -2.29. The van der Waals surface area contributed by atoms with Gasteiger partial charge in [-0.3, -0.25) is 20.2 Å². The summed E-state index contributed by atoms with van der Waals surface area (Å²) < 4.78 is 0. The number of rotatable bonds is 3. The summed E-state index contributed by atoms with van der Waals surface area (Å²) in [6.07, 6.45) is 0. The Kier molecular flexibility index (Phi) is 4.71. The first kappa shape index (κ1) is 19.4. The first-order chi connectivity index (χ1) is 13.3. The van der Waals surface area contributed by atoms with Gasteiger partial charge in [-0.15, -0.1) is 0 Å². The highest BCUT2D eigenvalue weighted by atomic mass is 35.5. The van der Waals surface area contributed by atoms with Gasteiger partial charge in [-0.1, -0.05) is 40.9 Å². The molecule has 0 bridgehead atoms. The lowest BCUT2D eigenvalue weighted by atomic mass is 9.74. The van der Waals surface area contributed by atoms with E-state index in [2.05, 4.69) is 15.6 Å². The predicted molar refractivity (Wildman–Crippen MR) is 104 cm³/mol. The maximum atomic E-state index is 13.1. The number of hydrogen-bond acceptors (Lipinski definition) is 6. The van der Waals surface area contributed by atoms with Crippen LogP contribution in [0.15, 0.2) is 30.3 Å². The van der Waals surface area contributed by atoms with Gasteiger partial charge >= 0.3 is 0 Å². The van der Waals surface area contributed by atoms with Gasteiger partial charge in [-0.05, 0) is 29.8 Å². The van der Waals surface area contributed by atoms with E-state index >= 15 is 0 Å². The molecule has 28 heavy (non-hydrogen) atoms. The van der Waals surface area contributed by atoms with Crippen molar-refractivity contribution in [2.75, 3.05) is 11.9 Å². The number of benzene rings is 1.